The lowest BCUT2D eigenvalue weighted by Crippen LogP contribution is -2.47. The average molecular weight is 804 g/mol. The molecule has 6 rings (SSSR count). The quantitative estimate of drug-likeness (QED) is 0.110. The summed E-state index contributed by atoms with van der Waals surface area (Å²) in [5, 5.41) is 9.28. The second-order valence-electron chi connectivity index (χ2n) is 13.1. The summed E-state index contributed by atoms with van der Waals surface area (Å²) in [6.07, 6.45) is 1.16. The molecule has 8 nitrogen and oxygen atoms in total. The highest BCUT2D eigenvalue weighted by molar-refractivity contribution is 6.32. The van der Waals surface area contributed by atoms with Crippen molar-refractivity contribution in [1.82, 2.24) is 14.8 Å². The number of benzene rings is 4. The number of alkyl halides is 3. The molecular formula is C43H39Cl2F3N4O4. The summed E-state index contributed by atoms with van der Waals surface area (Å²) < 4.78 is 55.8. The zero-order valence-electron chi connectivity index (χ0n) is 30.5. The maximum atomic E-state index is 13.0. The molecule has 2 heterocycles. The summed E-state index contributed by atoms with van der Waals surface area (Å²) in [5.41, 5.74) is 4.39. The number of carbonyl (C=O) groups excluding carboxylic acids is 1. The van der Waals surface area contributed by atoms with Crippen LogP contribution in [0.15, 0.2) is 109 Å². The van der Waals surface area contributed by atoms with Gasteiger partial charge in [-0.15, -0.1) is 12.4 Å². The Morgan fingerprint density at radius 1 is 0.875 bits per heavy atom. The van der Waals surface area contributed by atoms with Crippen molar-refractivity contribution in [2.24, 2.45) is 0 Å². The van der Waals surface area contributed by atoms with Gasteiger partial charge < -0.3 is 19.1 Å². The van der Waals surface area contributed by atoms with Gasteiger partial charge in [-0.3, -0.25) is 9.69 Å². The van der Waals surface area contributed by atoms with E-state index in [4.69, 9.17) is 31.1 Å². The van der Waals surface area contributed by atoms with E-state index in [0.29, 0.717) is 47.3 Å². The lowest BCUT2D eigenvalue weighted by atomic mass is 10.1. The number of rotatable bonds is 13. The van der Waals surface area contributed by atoms with Gasteiger partial charge in [-0.25, -0.2) is 4.98 Å². The second-order valence-corrected chi connectivity index (χ2v) is 13.5. The molecule has 0 spiro atoms. The fraction of sp³-hybridized carbons (Fsp3) is 0.233. The van der Waals surface area contributed by atoms with Crippen LogP contribution in [0.5, 0.6) is 23.1 Å². The van der Waals surface area contributed by atoms with Crippen molar-refractivity contribution in [2.75, 3.05) is 32.8 Å². The van der Waals surface area contributed by atoms with Crippen LogP contribution in [0.1, 0.15) is 38.9 Å². The van der Waals surface area contributed by atoms with E-state index in [1.54, 1.807) is 54.6 Å². The molecule has 0 radical (unpaired) electrons. The van der Waals surface area contributed by atoms with E-state index < -0.39 is 11.7 Å². The van der Waals surface area contributed by atoms with Crippen LogP contribution >= 0.6 is 24.0 Å². The zero-order chi connectivity index (χ0) is 38.8. The van der Waals surface area contributed by atoms with Crippen LogP contribution < -0.4 is 14.2 Å². The van der Waals surface area contributed by atoms with Gasteiger partial charge in [0.1, 0.15) is 18.1 Å². The van der Waals surface area contributed by atoms with Gasteiger partial charge in [0, 0.05) is 51.3 Å². The number of hydrogen-bond acceptors (Lipinski definition) is 7. The largest absolute Gasteiger partial charge is 0.493 e. The Hall–Kier alpha value is -5.54. The van der Waals surface area contributed by atoms with Gasteiger partial charge in [-0.1, -0.05) is 48.0 Å². The molecule has 0 atom stereocenters. The predicted octanol–water partition coefficient (Wildman–Crippen LogP) is 9.71. The Morgan fingerprint density at radius 2 is 1.54 bits per heavy atom. The fourth-order valence-corrected chi connectivity index (χ4v) is 6.25. The first kappa shape index (κ1) is 41.6. The van der Waals surface area contributed by atoms with Crippen LogP contribution in [0.4, 0.5) is 13.2 Å². The number of piperazine rings is 1. The van der Waals surface area contributed by atoms with E-state index in [0.717, 1.165) is 55.1 Å². The van der Waals surface area contributed by atoms with Gasteiger partial charge in [-0.05, 0) is 95.4 Å². The molecule has 13 heteroatoms. The van der Waals surface area contributed by atoms with Crippen LogP contribution in [0.2, 0.25) is 5.02 Å². The topological polar surface area (TPSA) is 87.9 Å². The Balaban J connectivity index is 0.00000600. The molecule has 0 unspecified atom stereocenters. The summed E-state index contributed by atoms with van der Waals surface area (Å²) in [6, 6.07) is 29.4. The third-order valence-electron chi connectivity index (χ3n) is 9.03. The van der Waals surface area contributed by atoms with E-state index in [1.807, 2.05) is 17.9 Å². The molecule has 1 fully saturated rings. The van der Waals surface area contributed by atoms with E-state index in [9.17, 15) is 18.0 Å². The van der Waals surface area contributed by atoms with Crippen molar-refractivity contribution in [3.05, 3.63) is 153 Å². The molecule has 0 saturated carbocycles. The van der Waals surface area contributed by atoms with E-state index in [-0.39, 0.29) is 30.8 Å². The first-order chi connectivity index (χ1) is 26.5. The highest BCUT2D eigenvalue weighted by Crippen LogP contribution is 2.34. The minimum Gasteiger partial charge on any atom is -0.493 e. The SMILES string of the molecule is Cc1cc(/C=C/C(=O)N2CCN(Cc3ccc(CCOc4ccc(C#N)cc4)cc3)CC2)cc(Cl)c1Oc1ccc(OCc2ccc(C(F)(F)F)cc2)cn1.Cl. The van der Waals surface area contributed by atoms with Crippen LogP contribution in [-0.2, 0) is 30.5 Å². The molecule has 290 valence electrons. The van der Waals surface area contributed by atoms with Crippen LogP contribution in [-0.4, -0.2) is 53.5 Å². The minimum atomic E-state index is -4.39. The first-order valence-corrected chi connectivity index (χ1v) is 18.0. The maximum Gasteiger partial charge on any atom is 0.416 e. The molecular weight excluding hydrogens is 764 g/mol. The monoisotopic (exact) mass is 802 g/mol. The second kappa shape index (κ2) is 19.4. The van der Waals surface area contributed by atoms with Crippen molar-refractivity contribution < 1.29 is 32.2 Å². The Bertz CT molecular complexity index is 2110. The van der Waals surface area contributed by atoms with Crippen molar-refractivity contribution in [3.8, 4) is 29.2 Å². The molecule has 1 amide bonds. The summed E-state index contributed by atoms with van der Waals surface area (Å²) in [4.78, 5) is 21.5. The van der Waals surface area contributed by atoms with Crippen LogP contribution in [0, 0.1) is 18.3 Å². The van der Waals surface area contributed by atoms with Crippen molar-refractivity contribution >= 4 is 36.0 Å². The van der Waals surface area contributed by atoms with Crippen LogP contribution in [0.3, 0.4) is 0 Å². The Labute approximate surface area is 335 Å². The molecule has 56 heavy (non-hydrogen) atoms. The Kier molecular flexibility index (Phi) is 14.4. The third-order valence-corrected chi connectivity index (χ3v) is 9.31. The number of carbonyl (C=O) groups is 1. The van der Waals surface area contributed by atoms with E-state index in [2.05, 4.69) is 40.2 Å². The highest BCUT2D eigenvalue weighted by atomic mass is 35.5. The molecule has 0 bridgehead atoms. The van der Waals surface area contributed by atoms with Gasteiger partial charge >= 0.3 is 6.18 Å². The average Bonchev–Trinajstić information content (AvgIpc) is 3.19. The highest BCUT2D eigenvalue weighted by Gasteiger charge is 2.30. The minimum absolute atomic E-state index is 0. The molecule has 4 aromatic carbocycles. The lowest BCUT2D eigenvalue weighted by Gasteiger charge is -2.34. The number of nitriles is 1. The molecule has 0 N–H and O–H groups in total. The number of aromatic nitrogens is 1. The summed E-state index contributed by atoms with van der Waals surface area (Å²) in [5.74, 6) is 1.82. The Morgan fingerprint density at radius 3 is 2.16 bits per heavy atom. The van der Waals surface area contributed by atoms with E-state index >= 15 is 0 Å². The number of amides is 1. The third kappa shape index (κ3) is 11.7. The molecule has 0 aliphatic carbocycles. The maximum absolute atomic E-state index is 13.0. The summed E-state index contributed by atoms with van der Waals surface area (Å²) in [6.45, 7) is 6.10. The number of hydrogen-bond donors (Lipinski definition) is 0. The van der Waals surface area contributed by atoms with Gasteiger partial charge in [0.15, 0.2) is 5.75 Å². The number of aryl methyl sites for hydroxylation is 1. The molecule has 1 aliphatic heterocycles. The summed E-state index contributed by atoms with van der Waals surface area (Å²) >= 11 is 6.59. The molecule has 1 saturated heterocycles. The van der Waals surface area contributed by atoms with Crippen molar-refractivity contribution in [3.63, 3.8) is 0 Å². The van der Waals surface area contributed by atoms with Crippen molar-refractivity contribution in [2.45, 2.75) is 32.7 Å². The molecule has 5 aromatic rings. The molecule has 1 aliphatic rings. The van der Waals surface area contributed by atoms with E-state index in [1.165, 1.54) is 29.5 Å². The number of ether oxygens (including phenoxy) is 3. The number of nitrogens with zero attached hydrogens (tertiary/aromatic N) is 4. The van der Waals surface area contributed by atoms with Gasteiger partial charge in [-0.2, -0.15) is 18.4 Å². The zero-order valence-corrected chi connectivity index (χ0v) is 32.0. The predicted molar refractivity (Wildman–Crippen MR) is 211 cm³/mol. The summed E-state index contributed by atoms with van der Waals surface area (Å²) in [7, 11) is 0. The first-order valence-electron chi connectivity index (χ1n) is 17.7. The molecule has 1 aromatic heterocycles. The van der Waals surface area contributed by atoms with Gasteiger partial charge in [0.2, 0.25) is 11.8 Å². The fourth-order valence-electron chi connectivity index (χ4n) is 5.94. The van der Waals surface area contributed by atoms with Gasteiger partial charge in [0.05, 0.1) is 35.0 Å². The normalized spacial score (nSPS) is 13.2. The van der Waals surface area contributed by atoms with Crippen molar-refractivity contribution in [1.29, 1.82) is 5.26 Å². The number of halogens is 5. The smallest absolute Gasteiger partial charge is 0.416 e. The van der Waals surface area contributed by atoms with Crippen LogP contribution in [0.25, 0.3) is 6.08 Å². The lowest BCUT2D eigenvalue weighted by molar-refractivity contribution is -0.137. The number of pyridine rings is 1. The standard InChI is InChI=1S/C43H38ClF3N4O4.ClH/c1-30-24-35(25-39(44)42(30)55-40-16-15-38(27-49-40)54-29-34-6-11-36(12-7-34)43(45,46)47)10-17-41(52)51-21-19-50(20-22-51)28-33-4-2-31(3-5-33)18-23-53-37-13-8-32(26-48)9-14-37;/h2-17,24-25,27H,18-23,28-29H2,1H3;1H/b17-10+;. The van der Waals surface area contributed by atoms with Gasteiger partial charge in [0.25, 0.3) is 0 Å².